The van der Waals surface area contributed by atoms with Crippen molar-refractivity contribution in [1.82, 2.24) is 5.32 Å². The number of hydrogen-bond acceptors (Lipinski definition) is 3. The predicted molar refractivity (Wildman–Crippen MR) is 70.3 cm³/mol. The summed E-state index contributed by atoms with van der Waals surface area (Å²) in [6, 6.07) is 0. The standard InChI is InChI=1S/C6H15NO2SSi.CH3NOS/c1-11(2,3)9-5-4-7-6(8)10;2-1(3)4/h4-5H2,1-3H3,(H2,7,8,10);(H3,2,3,4). The molecule has 0 aliphatic heterocycles. The summed E-state index contributed by atoms with van der Waals surface area (Å²) in [5, 5.41) is 1.60. The number of nitrogens with one attached hydrogen (secondary N) is 1. The van der Waals surface area contributed by atoms with Gasteiger partial charge in [0.15, 0.2) is 8.32 Å². The zero-order valence-electron chi connectivity index (χ0n) is 9.11. The van der Waals surface area contributed by atoms with Crippen LogP contribution in [0.15, 0.2) is 0 Å². The van der Waals surface area contributed by atoms with Gasteiger partial charge >= 0.3 is 0 Å². The van der Waals surface area contributed by atoms with E-state index in [2.05, 4.69) is 55.9 Å². The third-order valence-electron chi connectivity index (χ3n) is 0.913. The number of rotatable bonds is 4. The van der Waals surface area contributed by atoms with Crippen LogP contribution >= 0.6 is 25.3 Å². The van der Waals surface area contributed by atoms with Crippen LogP contribution in [0.1, 0.15) is 0 Å². The molecule has 0 atom stereocenters. The summed E-state index contributed by atoms with van der Waals surface area (Å²) < 4.78 is 5.47. The molecular weight excluding hydrogens is 252 g/mol. The second kappa shape index (κ2) is 9.07. The van der Waals surface area contributed by atoms with E-state index in [4.69, 9.17) is 9.22 Å². The zero-order chi connectivity index (χ0) is 12.5. The van der Waals surface area contributed by atoms with E-state index in [0.717, 1.165) is 0 Å². The van der Waals surface area contributed by atoms with Crippen LogP contribution in [0.3, 0.4) is 0 Å². The van der Waals surface area contributed by atoms with Gasteiger partial charge < -0.3 is 15.5 Å². The van der Waals surface area contributed by atoms with Gasteiger partial charge in [-0.15, -0.1) is 0 Å². The highest BCUT2D eigenvalue weighted by atomic mass is 32.1. The van der Waals surface area contributed by atoms with Crippen molar-refractivity contribution in [3.05, 3.63) is 0 Å². The lowest BCUT2D eigenvalue weighted by atomic mass is 10.7. The Labute approximate surface area is 102 Å². The average Bonchev–Trinajstić information content (AvgIpc) is 1.95. The van der Waals surface area contributed by atoms with Crippen molar-refractivity contribution in [1.29, 1.82) is 0 Å². The van der Waals surface area contributed by atoms with E-state index in [0.29, 0.717) is 13.2 Å². The molecule has 0 aromatic carbocycles. The lowest BCUT2D eigenvalue weighted by Crippen LogP contribution is -2.31. The molecule has 0 rings (SSSR count). The Morgan fingerprint density at radius 1 is 1.33 bits per heavy atom. The van der Waals surface area contributed by atoms with Crippen molar-refractivity contribution in [2.24, 2.45) is 5.73 Å². The normalized spacial score (nSPS) is 9.93. The summed E-state index contributed by atoms with van der Waals surface area (Å²) in [6.45, 7) is 7.45. The first-order valence-electron chi connectivity index (χ1n) is 4.24. The number of nitrogens with two attached hydrogens (primary N) is 1. The highest BCUT2D eigenvalue weighted by molar-refractivity contribution is 7.96. The van der Waals surface area contributed by atoms with Gasteiger partial charge in [-0.25, -0.2) is 0 Å². The number of carbonyl (C=O) groups excluding carboxylic acids is 2. The van der Waals surface area contributed by atoms with Gasteiger partial charge in [-0.2, -0.15) is 0 Å². The summed E-state index contributed by atoms with van der Waals surface area (Å²) in [7, 11) is -1.41. The molecule has 0 spiro atoms. The Balaban J connectivity index is 0. The van der Waals surface area contributed by atoms with Crippen LogP contribution in [0.2, 0.25) is 19.6 Å². The highest BCUT2D eigenvalue weighted by Crippen LogP contribution is 2.00. The molecular formula is C7H18N2O3S2Si. The highest BCUT2D eigenvalue weighted by Gasteiger charge is 2.12. The maximum absolute atomic E-state index is 10.3. The minimum Gasteiger partial charge on any atom is -0.416 e. The molecule has 8 heteroatoms. The maximum Gasteiger partial charge on any atom is 0.276 e. The number of amides is 2. The lowest BCUT2D eigenvalue weighted by Gasteiger charge is -2.16. The molecule has 0 saturated heterocycles. The molecule has 0 aliphatic carbocycles. The summed E-state index contributed by atoms with van der Waals surface area (Å²) in [4.78, 5) is 19.4. The van der Waals surface area contributed by atoms with Crippen molar-refractivity contribution < 1.29 is 14.0 Å². The van der Waals surface area contributed by atoms with Gasteiger partial charge in [0.25, 0.3) is 10.5 Å². The summed E-state index contributed by atoms with van der Waals surface area (Å²) in [6.07, 6.45) is 0. The smallest absolute Gasteiger partial charge is 0.276 e. The van der Waals surface area contributed by atoms with E-state index in [1.165, 1.54) is 0 Å². The fraction of sp³-hybridized carbons (Fsp3) is 0.714. The van der Waals surface area contributed by atoms with Gasteiger partial charge in [-0.1, -0.05) is 25.3 Å². The molecule has 0 unspecified atom stereocenters. The minimum absolute atomic E-state index is 0.302. The number of hydrogen-bond donors (Lipinski definition) is 4. The molecule has 0 radical (unpaired) electrons. The van der Waals surface area contributed by atoms with Crippen LogP contribution in [0.5, 0.6) is 0 Å². The second-order valence-electron chi connectivity index (χ2n) is 3.53. The van der Waals surface area contributed by atoms with E-state index >= 15 is 0 Å². The Morgan fingerprint density at radius 2 is 1.73 bits per heavy atom. The van der Waals surface area contributed by atoms with E-state index in [1.807, 2.05) is 0 Å². The maximum atomic E-state index is 10.3. The average molecular weight is 270 g/mol. The third-order valence-corrected chi connectivity index (χ3v) is 2.14. The van der Waals surface area contributed by atoms with Gasteiger partial charge in [0.05, 0.1) is 6.61 Å². The van der Waals surface area contributed by atoms with Crippen LogP contribution in [-0.4, -0.2) is 31.9 Å². The van der Waals surface area contributed by atoms with E-state index in [-0.39, 0.29) is 5.24 Å². The van der Waals surface area contributed by atoms with E-state index in [9.17, 15) is 4.79 Å². The van der Waals surface area contributed by atoms with Crippen molar-refractivity contribution in [3.63, 3.8) is 0 Å². The first-order chi connectivity index (χ1) is 6.65. The molecule has 0 aromatic heterocycles. The first kappa shape index (κ1) is 17.2. The van der Waals surface area contributed by atoms with Gasteiger partial charge in [0, 0.05) is 6.54 Å². The Hall–Kier alpha value is -0.183. The molecule has 15 heavy (non-hydrogen) atoms. The van der Waals surface area contributed by atoms with Crippen LogP contribution in [0.25, 0.3) is 0 Å². The van der Waals surface area contributed by atoms with Crippen LogP contribution in [-0.2, 0) is 4.43 Å². The van der Waals surface area contributed by atoms with E-state index < -0.39 is 13.6 Å². The fourth-order valence-electron chi connectivity index (χ4n) is 0.515. The van der Waals surface area contributed by atoms with Crippen molar-refractivity contribution in [2.45, 2.75) is 19.6 Å². The van der Waals surface area contributed by atoms with Gasteiger partial charge in [-0.3, -0.25) is 9.59 Å². The first-order valence-corrected chi connectivity index (χ1v) is 8.54. The summed E-state index contributed by atoms with van der Waals surface area (Å²) >= 11 is 6.65. The topological polar surface area (TPSA) is 81.4 Å². The van der Waals surface area contributed by atoms with Crippen LogP contribution in [0.4, 0.5) is 9.59 Å². The fourth-order valence-corrected chi connectivity index (χ4v) is 1.34. The van der Waals surface area contributed by atoms with E-state index in [1.54, 1.807) is 0 Å². The second-order valence-corrected chi connectivity index (χ2v) is 8.89. The minimum atomic E-state index is -1.41. The number of primary amides is 1. The third kappa shape index (κ3) is 31.6. The number of thiol groups is 2. The molecule has 0 fully saturated rings. The Bertz CT molecular complexity index is 205. The monoisotopic (exact) mass is 270 g/mol. The molecule has 0 saturated carbocycles. The summed E-state index contributed by atoms with van der Waals surface area (Å²) in [5.41, 5.74) is 4.34. The lowest BCUT2D eigenvalue weighted by molar-refractivity contribution is 0.255. The van der Waals surface area contributed by atoms with Gasteiger partial charge in [-0.05, 0) is 19.6 Å². The molecule has 90 valence electrons. The Kier molecular flexibility index (Phi) is 10.4. The van der Waals surface area contributed by atoms with Crippen LogP contribution in [0, 0.1) is 0 Å². The summed E-state index contributed by atoms with van der Waals surface area (Å²) in [5.74, 6) is 0. The van der Waals surface area contributed by atoms with Gasteiger partial charge in [0.1, 0.15) is 0 Å². The predicted octanol–water partition coefficient (Wildman–Crippen LogP) is 1.47. The SMILES string of the molecule is C[Si](C)(C)OCCNC(=O)S.NC(=O)S. The molecule has 0 heterocycles. The van der Waals surface area contributed by atoms with Gasteiger partial charge in [0.2, 0.25) is 0 Å². The van der Waals surface area contributed by atoms with Crippen LogP contribution < -0.4 is 11.1 Å². The number of carbonyl (C=O) groups is 2. The van der Waals surface area contributed by atoms with Crippen molar-refractivity contribution >= 4 is 44.1 Å². The molecule has 0 aromatic rings. The Morgan fingerprint density at radius 3 is 2.00 bits per heavy atom. The molecule has 2 amide bonds. The van der Waals surface area contributed by atoms with Crippen molar-refractivity contribution in [3.8, 4) is 0 Å². The van der Waals surface area contributed by atoms with Crippen molar-refractivity contribution in [2.75, 3.05) is 13.2 Å². The molecule has 0 aliphatic rings. The molecule has 0 bridgehead atoms. The quantitative estimate of drug-likeness (QED) is 0.355. The largest absolute Gasteiger partial charge is 0.416 e. The molecule has 5 nitrogen and oxygen atoms in total. The molecule has 3 N–H and O–H groups in total. The zero-order valence-corrected chi connectivity index (χ0v) is 11.9.